The topological polar surface area (TPSA) is 29.1 Å². The molecular weight excluding hydrogens is 309 g/mol. The van der Waals surface area contributed by atoms with Gasteiger partial charge in [-0.15, -0.1) is 0 Å². The largest absolute Gasteiger partial charge is 0.326 e. The van der Waals surface area contributed by atoms with Gasteiger partial charge in [0, 0.05) is 11.6 Å². The molecule has 1 atom stereocenters. The fourth-order valence-electron chi connectivity index (χ4n) is 2.78. The predicted octanol–water partition coefficient (Wildman–Crippen LogP) is 4.74. The number of anilines is 1. The summed E-state index contributed by atoms with van der Waals surface area (Å²) in [5.74, 6) is -0.246. The molecule has 0 heterocycles. The maximum absolute atomic E-state index is 13.2. The van der Waals surface area contributed by atoms with Crippen molar-refractivity contribution < 1.29 is 9.18 Å². The molecule has 1 aromatic rings. The number of rotatable bonds is 2. The van der Waals surface area contributed by atoms with E-state index in [4.69, 9.17) is 0 Å². The fraction of sp³-hybridized carbons (Fsp3) is 0.533. The molecule has 4 heteroatoms. The molecule has 2 nitrogen and oxygen atoms in total. The van der Waals surface area contributed by atoms with Crippen LogP contribution in [0.3, 0.4) is 0 Å². The Labute approximate surface area is 121 Å². The van der Waals surface area contributed by atoms with E-state index in [9.17, 15) is 9.18 Å². The van der Waals surface area contributed by atoms with Crippen LogP contribution in [-0.2, 0) is 4.79 Å². The van der Waals surface area contributed by atoms with Crippen molar-refractivity contribution in [1.82, 2.24) is 0 Å². The van der Waals surface area contributed by atoms with Crippen LogP contribution in [0.4, 0.5) is 10.1 Å². The molecular formula is C15H19BrFNO. The lowest BCUT2D eigenvalue weighted by Gasteiger charge is -2.37. The molecule has 1 aliphatic rings. The Hall–Kier alpha value is -0.900. The van der Waals surface area contributed by atoms with Crippen LogP contribution in [-0.4, -0.2) is 5.91 Å². The second-order valence-corrected chi connectivity index (χ2v) is 6.76. The van der Waals surface area contributed by atoms with Gasteiger partial charge in [-0.2, -0.15) is 0 Å². The summed E-state index contributed by atoms with van der Waals surface area (Å²) >= 11 is 3.13. The molecule has 1 N–H and O–H groups in total. The van der Waals surface area contributed by atoms with Gasteiger partial charge in [0.1, 0.15) is 5.82 Å². The second-order valence-electron chi connectivity index (χ2n) is 5.91. The molecule has 0 aliphatic heterocycles. The Kier molecular flexibility index (Phi) is 4.29. The molecule has 2 rings (SSSR count). The summed E-state index contributed by atoms with van der Waals surface area (Å²) in [5.41, 5.74) is 0.680. The van der Waals surface area contributed by atoms with Crippen molar-refractivity contribution in [3.8, 4) is 0 Å². The number of halogens is 2. The highest BCUT2D eigenvalue weighted by Gasteiger charge is 2.37. The van der Waals surface area contributed by atoms with Gasteiger partial charge in [-0.3, -0.25) is 4.79 Å². The molecule has 0 aromatic heterocycles. The summed E-state index contributed by atoms with van der Waals surface area (Å²) in [6, 6.07) is 4.54. The lowest BCUT2D eigenvalue weighted by molar-refractivity contribution is -0.124. The summed E-state index contributed by atoms with van der Waals surface area (Å²) in [7, 11) is 0. The smallest absolute Gasteiger partial charge is 0.228 e. The van der Waals surface area contributed by atoms with Crippen LogP contribution in [0.25, 0.3) is 0 Å². The zero-order valence-electron chi connectivity index (χ0n) is 11.3. The van der Waals surface area contributed by atoms with Crippen LogP contribution in [0.1, 0.15) is 39.5 Å². The minimum Gasteiger partial charge on any atom is -0.326 e. The number of nitrogens with one attached hydrogen (secondary N) is 1. The predicted molar refractivity (Wildman–Crippen MR) is 78.5 cm³/mol. The van der Waals surface area contributed by atoms with Crippen LogP contribution in [0.5, 0.6) is 0 Å². The highest BCUT2D eigenvalue weighted by Crippen LogP contribution is 2.41. The molecule has 104 valence electrons. The molecule has 0 saturated heterocycles. The minimum absolute atomic E-state index is 0.0325. The molecule has 19 heavy (non-hydrogen) atoms. The maximum atomic E-state index is 13.2. The molecule has 1 saturated carbocycles. The Balaban J connectivity index is 2.09. The standard InChI is InChI=1S/C15H19BrFNO/c1-15(2)8-4-3-5-11(15)14(19)18-10-6-7-13(17)12(16)9-10/h6-7,9,11H,3-5,8H2,1-2H3,(H,18,19). The van der Waals surface area contributed by atoms with Crippen LogP contribution in [0.2, 0.25) is 0 Å². The number of hydrogen-bond donors (Lipinski definition) is 1. The van der Waals surface area contributed by atoms with Crippen LogP contribution < -0.4 is 5.32 Å². The minimum atomic E-state index is -0.323. The average molecular weight is 328 g/mol. The quantitative estimate of drug-likeness (QED) is 0.834. The lowest BCUT2D eigenvalue weighted by Crippen LogP contribution is -2.37. The van der Waals surface area contributed by atoms with E-state index < -0.39 is 0 Å². The highest BCUT2D eigenvalue weighted by molar-refractivity contribution is 9.10. The first kappa shape index (κ1) is 14.5. The summed E-state index contributed by atoms with van der Waals surface area (Å²) in [4.78, 5) is 12.4. The van der Waals surface area contributed by atoms with Crippen molar-refractivity contribution in [2.75, 3.05) is 5.32 Å². The van der Waals surface area contributed by atoms with Crippen LogP contribution in [0, 0.1) is 17.2 Å². The summed E-state index contributed by atoms with van der Waals surface area (Å²) < 4.78 is 13.5. The Bertz CT molecular complexity index is 487. The molecule has 1 aliphatic carbocycles. The summed E-state index contributed by atoms with van der Waals surface area (Å²) in [6.07, 6.45) is 4.31. The molecule has 0 bridgehead atoms. The zero-order valence-corrected chi connectivity index (χ0v) is 12.9. The third-order valence-corrected chi connectivity index (χ3v) is 4.62. The van der Waals surface area contributed by atoms with Gasteiger partial charge < -0.3 is 5.32 Å². The average Bonchev–Trinajstić information content (AvgIpc) is 2.33. The van der Waals surface area contributed by atoms with Crippen molar-refractivity contribution in [2.45, 2.75) is 39.5 Å². The molecule has 1 fully saturated rings. The van der Waals surface area contributed by atoms with Gasteiger partial charge in [-0.1, -0.05) is 26.7 Å². The maximum Gasteiger partial charge on any atom is 0.228 e. The molecule has 1 aromatic carbocycles. The van der Waals surface area contributed by atoms with Gasteiger partial charge in [0.05, 0.1) is 4.47 Å². The van der Waals surface area contributed by atoms with Crippen molar-refractivity contribution in [3.05, 3.63) is 28.5 Å². The molecule has 0 radical (unpaired) electrons. The number of carbonyl (C=O) groups excluding carboxylic acids is 1. The normalized spacial score (nSPS) is 22.0. The van der Waals surface area contributed by atoms with Crippen molar-refractivity contribution in [2.24, 2.45) is 11.3 Å². The Morgan fingerprint density at radius 3 is 2.79 bits per heavy atom. The van der Waals surface area contributed by atoms with Crippen LogP contribution in [0.15, 0.2) is 22.7 Å². The van der Waals surface area contributed by atoms with Gasteiger partial charge in [0.2, 0.25) is 5.91 Å². The van der Waals surface area contributed by atoms with Crippen molar-refractivity contribution >= 4 is 27.5 Å². The lowest BCUT2D eigenvalue weighted by atomic mass is 9.68. The zero-order chi connectivity index (χ0) is 14.0. The van der Waals surface area contributed by atoms with Gasteiger partial charge in [-0.05, 0) is 52.4 Å². The summed E-state index contributed by atoms with van der Waals surface area (Å²) in [6.45, 7) is 4.30. The van der Waals surface area contributed by atoms with Crippen LogP contribution >= 0.6 is 15.9 Å². The van der Waals surface area contributed by atoms with Gasteiger partial charge in [-0.25, -0.2) is 4.39 Å². The van der Waals surface area contributed by atoms with E-state index in [-0.39, 0.29) is 23.1 Å². The van der Waals surface area contributed by atoms with E-state index in [2.05, 4.69) is 35.1 Å². The van der Waals surface area contributed by atoms with Gasteiger partial charge >= 0.3 is 0 Å². The fourth-order valence-corrected chi connectivity index (χ4v) is 3.16. The van der Waals surface area contributed by atoms with Gasteiger partial charge in [0.15, 0.2) is 0 Å². The SMILES string of the molecule is CC1(C)CCCCC1C(=O)Nc1ccc(F)c(Br)c1. The first-order valence-corrected chi connectivity index (χ1v) is 7.45. The first-order valence-electron chi connectivity index (χ1n) is 6.66. The van der Waals surface area contributed by atoms with Crippen molar-refractivity contribution in [1.29, 1.82) is 0 Å². The summed E-state index contributed by atoms with van der Waals surface area (Å²) in [5, 5.41) is 2.90. The van der Waals surface area contributed by atoms with E-state index in [1.165, 1.54) is 12.5 Å². The second kappa shape index (κ2) is 5.61. The van der Waals surface area contributed by atoms with Gasteiger partial charge in [0.25, 0.3) is 0 Å². The van der Waals surface area contributed by atoms with E-state index >= 15 is 0 Å². The number of amides is 1. The Morgan fingerprint density at radius 2 is 2.16 bits per heavy atom. The highest BCUT2D eigenvalue weighted by atomic mass is 79.9. The van der Waals surface area contributed by atoms with E-state index in [1.807, 2.05) is 0 Å². The third-order valence-electron chi connectivity index (χ3n) is 4.01. The number of benzene rings is 1. The number of carbonyl (C=O) groups is 1. The molecule has 1 unspecified atom stereocenters. The molecule has 1 amide bonds. The first-order chi connectivity index (χ1) is 8.90. The van der Waals surface area contributed by atoms with E-state index in [1.54, 1.807) is 12.1 Å². The van der Waals surface area contributed by atoms with Crippen molar-refractivity contribution in [3.63, 3.8) is 0 Å². The number of hydrogen-bond acceptors (Lipinski definition) is 1. The molecule has 0 spiro atoms. The third kappa shape index (κ3) is 3.35. The monoisotopic (exact) mass is 327 g/mol. The van der Waals surface area contributed by atoms with E-state index in [0.717, 1.165) is 19.3 Å². The van der Waals surface area contributed by atoms with E-state index in [0.29, 0.717) is 10.2 Å². The Morgan fingerprint density at radius 1 is 1.42 bits per heavy atom.